The van der Waals surface area contributed by atoms with E-state index in [0.29, 0.717) is 0 Å². The number of nitrogen functional groups attached to an aromatic ring is 1. The number of hydrogen-bond acceptors (Lipinski definition) is 4. The summed E-state index contributed by atoms with van der Waals surface area (Å²) in [6.07, 6.45) is 3.04. The predicted molar refractivity (Wildman–Crippen MR) is 66.0 cm³/mol. The second-order valence-electron chi connectivity index (χ2n) is 4.47. The maximum atomic E-state index is 5.90. The van der Waals surface area contributed by atoms with Crippen LogP contribution in [0.1, 0.15) is 12.1 Å². The molecule has 0 unspecified atom stereocenters. The molecule has 2 N–H and O–H groups in total. The van der Waals surface area contributed by atoms with Gasteiger partial charge in [-0.3, -0.25) is 9.88 Å². The van der Waals surface area contributed by atoms with Crippen molar-refractivity contribution in [3.63, 3.8) is 0 Å². The fourth-order valence-corrected chi connectivity index (χ4v) is 2.05. The van der Waals surface area contributed by atoms with Crippen LogP contribution in [0.3, 0.4) is 0 Å². The zero-order valence-electron chi connectivity index (χ0n) is 9.89. The molecule has 1 aromatic rings. The fourth-order valence-electron chi connectivity index (χ4n) is 2.05. The Bertz CT molecular complexity index is 340. The van der Waals surface area contributed by atoms with Crippen molar-refractivity contribution >= 4 is 5.69 Å². The Labute approximate surface area is 97.1 Å². The molecule has 0 spiro atoms. The second kappa shape index (κ2) is 5.27. The van der Waals surface area contributed by atoms with Gasteiger partial charge in [-0.05, 0) is 38.7 Å². The van der Waals surface area contributed by atoms with Crippen molar-refractivity contribution in [3.8, 4) is 0 Å². The number of anilines is 1. The van der Waals surface area contributed by atoms with Crippen LogP contribution in [0.4, 0.5) is 5.69 Å². The average molecular weight is 220 g/mol. The first-order valence-corrected chi connectivity index (χ1v) is 5.86. The van der Waals surface area contributed by atoms with Crippen molar-refractivity contribution in [2.45, 2.75) is 13.0 Å². The largest absolute Gasteiger partial charge is 0.397 e. The van der Waals surface area contributed by atoms with Crippen LogP contribution in [-0.4, -0.2) is 48.0 Å². The third kappa shape index (κ3) is 2.93. The molecule has 16 heavy (non-hydrogen) atoms. The van der Waals surface area contributed by atoms with Gasteiger partial charge in [0.05, 0.1) is 11.4 Å². The standard InChI is InChI=1S/C12H20N4/c1-15-6-3-7-16(9-8-15)10-12-11(13)4-2-5-14-12/h2,4-5H,3,6-10,13H2,1H3. The topological polar surface area (TPSA) is 45.4 Å². The van der Waals surface area contributed by atoms with Crippen LogP contribution in [0.2, 0.25) is 0 Å². The van der Waals surface area contributed by atoms with Gasteiger partial charge in [-0.1, -0.05) is 0 Å². The lowest BCUT2D eigenvalue weighted by atomic mass is 10.2. The van der Waals surface area contributed by atoms with Gasteiger partial charge in [0.1, 0.15) is 0 Å². The lowest BCUT2D eigenvalue weighted by Crippen LogP contribution is -2.29. The molecule has 4 heteroatoms. The van der Waals surface area contributed by atoms with E-state index in [-0.39, 0.29) is 0 Å². The van der Waals surface area contributed by atoms with Gasteiger partial charge in [0.2, 0.25) is 0 Å². The molecule has 1 aromatic heterocycles. The summed E-state index contributed by atoms with van der Waals surface area (Å²) in [5.41, 5.74) is 7.72. The van der Waals surface area contributed by atoms with E-state index in [1.807, 2.05) is 18.3 Å². The molecule has 0 saturated carbocycles. The third-order valence-corrected chi connectivity index (χ3v) is 3.11. The molecule has 4 nitrogen and oxygen atoms in total. The Hall–Kier alpha value is -1.13. The van der Waals surface area contributed by atoms with E-state index in [2.05, 4.69) is 21.8 Å². The highest BCUT2D eigenvalue weighted by Crippen LogP contribution is 2.11. The van der Waals surface area contributed by atoms with Crippen LogP contribution in [0.25, 0.3) is 0 Å². The highest BCUT2D eigenvalue weighted by molar-refractivity contribution is 5.41. The van der Waals surface area contributed by atoms with Crippen LogP contribution in [-0.2, 0) is 6.54 Å². The molecule has 1 aliphatic rings. The monoisotopic (exact) mass is 220 g/mol. The van der Waals surface area contributed by atoms with E-state index in [0.717, 1.165) is 37.6 Å². The van der Waals surface area contributed by atoms with E-state index >= 15 is 0 Å². The minimum atomic E-state index is 0.806. The molecule has 1 fully saturated rings. The SMILES string of the molecule is CN1CCCN(Cc2ncccc2N)CC1. The number of nitrogens with two attached hydrogens (primary N) is 1. The van der Waals surface area contributed by atoms with Crippen LogP contribution in [0.15, 0.2) is 18.3 Å². The van der Waals surface area contributed by atoms with Gasteiger partial charge in [0, 0.05) is 25.8 Å². The smallest absolute Gasteiger partial charge is 0.0772 e. The molecular formula is C12H20N4. The molecule has 88 valence electrons. The average Bonchev–Trinajstić information content (AvgIpc) is 2.47. The summed E-state index contributed by atoms with van der Waals surface area (Å²) < 4.78 is 0. The number of pyridine rings is 1. The first-order chi connectivity index (χ1) is 7.75. The molecule has 0 atom stereocenters. The Balaban J connectivity index is 1.96. The predicted octanol–water partition coefficient (Wildman–Crippen LogP) is 0.801. The second-order valence-corrected chi connectivity index (χ2v) is 4.47. The minimum Gasteiger partial charge on any atom is -0.397 e. The lowest BCUT2D eigenvalue weighted by Gasteiger charge is -2.20. The Morgan fingerprint density at radius 1 is 1.31 bits per heavy atom. The van der Waals surface area contributed by atoms with E-state index in [9.17, 15) is 0 Å². The summed E-state index contributed by atoms with van der Waals surface area (Å²) >= 11 is 0. The molecule has 0 amide bonds. The Kier molecular flexibility index (Phi) is 3.74. The van der Waals surface area contributed by atoms with Crippen molar-refractivity contribution in [3.05, 3.63) is 24.0 Å². The molecule has 0 bridgehead atoms. The molecule has 1 saturated heterocycles. The van der Waals surface area contributed by atoms with Gasteiger partial charge < -0.3 is 10.6 Å². The minimum absolute atomic E-state index is 0.806. The summed E-state index contributed by atoms with van der Waals surface area (Å²) in [7, 11) is 2.18. The summed E-state index contributed by atoms with van der Waals surface area (Å²) in [6.45, 7) is 5.44. The first-order valence-electron chi connectivity index (χ1n) is 5.86. The van der Waals surface area contributed by atoms with Crippen LogP contribution in [0.5, 0.6) is 0 Å². The third-order valence-electron chi connectivity index (χ3n) is 3.11. The van der Waals surface area contributed by atoms with Gasteiger partial charge in [-0.15, -0.1) is 0 Å². The highest BCUT2D eigenvalue weighted by atomic mass is 15.2. The van der Waals surface area contributed by atoms with Crippen molar-refractivity contribution < 1.29 is 0 Å². The molecule has 0 aliphatic carbocycles. The number of rotatable bonds is 2. The number of likely N-dealkylation sites (N-methyl/N-ethyl adjacent to an activating group) is 1. The van der Waals surface area contributed by atoms with Gasteiger partial charge in [-0.2, -0.15) is 0 Å². The molecule has 2 rings (SSSR count). The summed E-state index contributed by atoms with van der Waals surface area (Å²) in [5.74, 6) is 0. The van der Waals surface area contributed by atoms with E-state index in [1.54, 1.807) is 0 Å². The molecule has 0 radical (unpaired) electrons. The normalized spacial score (nSPS) is 19.6. The molecule has 2 heterocycles. The van der Waals surface area contributed by atoms with Crippen molar-refractivity contribution in [1.82, 2.24) is 14.8 Å². The molecule has 0 aromatic carbocycles. The lowest BCUT2D eigenvalue weighted by molar-refractivity contribution is 0.267. The Morgan fingerprint density at radius 2 is 2.19 bits per heavy atom. The summed E-state index contributed by atoms with van der Waals surface area (Å²) in [4.78, 5) is 9.15. The quantitative estimate of drug-likeness (QED) is 0.801. The van der Waals surface area contributed by atoms with Gasteiger partial charge in [-0.25, -0.2) is 0 Å². The molecular weight excluding hydrogens is 200 g/mol. The summed E-state index contributed by atoms with van der Waals surface area (Å²) in [6, 6.07) is 3.81. The van der Waals surface area contributed by atoms with Gasteiger partial charge >= 0.3 is 0 Å². The van der Waals surface area contributed by atoms with Gasteiger partial charge in [0.15, 0.2) is 0 Å². The number of aromatic nitrogens is 1. The number of nitrogens with zero attached hydrogens (tertiary/aromatic N) is 3. The van der Waals surface area contributed by atoms with E-state index in [4.69, 9.17) is 5.73 Å². The first kappa shape index (κ1) is 11.4. The molecule has 1 aliphatic heterocycles. The zero-order valence-corrected chi connectivity index (χ0v) is 9.89. The number of hydrogen-bond donors (Lipinski definition) is 1. The fraction of sp³-hybridized carbons (Fsp3) is 0.583. The zero-order chi connectivity index (χ0) is 11.4. The van der Waals surface area contributed by atoms with Crippen LogP contribution >= 0.6 is 0 Å². The van der Waals surface area contributed by atoms with Crippen molar-refractivity contribution in [2.24, 2.45) is 0 Å². The van der Waals surface area contributed by atoms with E-state index < -0.39 is 0 Å². The van der Waals surface area contributed by atoms with Crippen LogP contribution < -0.4 is 5.73 Å². The van der Waals surface area contributed by atoms with Crippen molar-refractivity contribution in [2.75, 3.05) is 39.0 Å². The van der Waals surface area contributed by atoms with E-state index in [1.165, 1.54) is 13.0 Å². The summed E-state index contributed by atoms with van der Waals surface area (Å²) in [5, 5.41) is 0. The highest BCUT2D eigenvalue weighted by Gasteiger charge is 2.13. The maximum Gasteiger partial charge on any atom is 0.0772 e. The van der Waals surface area contributed by atoms with Crippen LogP contribution in [0, 0.1) is 0 Å². The van der Waals surface area contributed by atoms with Gasteiger partial charge in [0.25, 0.3) is 0 Å². The van der Waals surface area contributed by atoms with Crippen molar-refractivity contribution in [1.29, 1.82) is 0 Å². The maximum absolute atomic E-state index is 5.90. The Morgan fingerprint density at radius 3 is 3.00 bits per heavy atom.